The van der Waals surface area contributed by atoms with Crippen LogP contribution in [0.15, 0.2) is 48.7 Å². The lowest BCUT2D eigenvalue weighted by atomic mass is 9.89. The average molecular weight is 502 g/mol. The fraction of sp³-hybridized carbons (Fsp3) is 0.414. The maximum absolute atomic E-state index is 13.8. The number of rotatable bonds is 8. The van der Waals surface area contributed by atoms with Crippen LogP contribution in [-0.4, -0.2) is 36.6 Å². The number of amides is 2. The van der Waals surface area contributed by atoms with Gasteiger partial charge >= 0.3 is 0 Å². The van der Waals surface area contributed by atoms with Crippen molar-refractivity contribution in [1.82, 2.24) is 4.98 Å². The molecule has 3 aliphatic carbocycles. The third kappa shape index (κ3) is 3.77. The van der Waals surface area contributed by atoms with Gasteiger partial charge in [0.15, 0.2) is 11.5 Å². The number of hydrogen-bond acceptors (Lipinski definition) is 6. The van der Waals surface area contributed by atoms with Gasteiger partial charge in [-0.15, -0.1) is 0 Å². The van der Waals surface area contributed by atoms with Gasteiger partial charge in [-0.2, -0.15) is 0 Å². The van der Waals surface area contributed by atoms with Gasteiger partial charge in [0.25, 0.3) is 0 Å². The summed E-state index contributed by atoms with van der Waals surface area (Å²) in [5, 5.41) is 0.792. The van der Waals surface area contributed by atoms with E-state index in [2.05, 4.69) is 4.98 Å². The summed E-state index contributed by atoms with van der Waals surface area (Å²) in [6.07, 6.45) is 7.90. The molecular formula is C29H31N3O5. The lowest BCUT2D eigenvalue weighted by Crippen LogP contribution is -2.54. The third-order valence-electron chi connectivity index (χ3n) is 8.54. The molecule has 0 aliphatic heterocycles. The maximum atomic E-state index is 13.8. The molecule has 8 nitrogen and oxygen atoms in total. The first-order chi connectivity index (χ1) is 17.9. The second-order valence-electron chi connectivity index (χ2n) is 10.6. The summed E-state index contributed by atoms with van der Waals surface area (Å²) >= 11 is 0. The van der Waals surface area contributed by atoms with Crippen molar-refractivity contribution in [3.8, 4) is 23.0 Å². The van der Waals surface area contributed by atoms with Crippen LogP contribution in [0.2, 0.25) is 0 Å². The zero-order valence-corrected chi connectivity index (χ0v) is 21.2. The molecule has 3 aliphatic rings. The molecule has 3 aromatic rings. The second kappa shape index (κ2) is 8.64. The van der Waals surface area contributed by atoms with Crippen molar-refractivity contribution in [3.05, 3.63) is 48.7 Å². The van der Waals surface area contributed by atoms with Crippen LogP contribution in [0.25, 0.3) is 10.9 Å². The molecule has 2 amide bonds. The van der Waals surface area contributed by atoms with Crippen LogP contribution in [-0.2, 0) is 9.59 Å². The van der Waals surface area contributed by atoms with E-state index in [-0.39, 0.29) is 11.4 Å². The Labute approximate surface area is 215 Å². The fourth-order valence-electron chi connectivity index (χ4n) is 6.31. The average Bonchev–Trinajstić information content (AvgIpc) is 3.51. The molecule has 6 rings (SSSR count). The molecular weight excluding hydrogens is 470 g/mol. The Morgan fingerprint density at radius 3 is 2.19 bits per heavy atom. The predicted molar refractivity (Wildman–Crippen MR) is 139 cm³/mol. The number of carbonyl (C=O) groups is 2. The number of benzene rings is 2. The predicted octanol–water partition coefficient (Wildman–Crippen LogP) is 4.98. The van der Waals surface area contributed by atoms with Crippen LogP contribution in [0.3, 0.4) is 0 Å². The van der Waals surface area contributed by atoms with E-state index in [0.717, 1.165) is 48.7 Å². The maximum Gasteiger partial charge on any atom is 0.243 e. The van der Waals surface area contributed by atoms with E-state index in [9.17, 15) is 9.59 Å². The van der Waals surface area contributed by atoms with Crippen LogP contribution in [0.1, 0.15) is 44.9 Å². The normalized spacial score (nSPS) is 23.0. The number of hydrogen-bond donors (Lipinski definition) is 1. The van der Waals surface area contributed by atoms with Gasteiger partial charge in [0.2, 0.25) is 11.8 Å². The van der Waals surface area contributed by atoms with Crippen molar-refractivity contribution in [2.24, 2.45) is 17.1 Å². The van der Waals surface area contributed by atoms with Crippen LogP contribution >= 0.6 is 0 Å². The van der Waals surface area contributed by atoms with Gasteiger partial charge in [-0.25, -0.2) is 0 Å². The number of nitrogens with two attached hydrogens (primary N) is 1. The molecule has 192 valence electrons. The quantitative estimate of drug-likeness (QED) is 0.437. The number of fused-ring (bicyclic) bond motifs is 3. The minimum absolute atomic E-state index is 0.141. The van der Waals surface area contributed by atoms with E-state index in [1.807, 2.05) is 41.3 Å². The highest BCUT2D eigenvalue weighted by Crippen LogP contribution is 2.56. The van der Waals surface area contributed by atoms with E-state index in [4.69, 9.17) is 19.9 Å². The first kappa shape index (κ1) is 23.6. The molecule has 0 atom stereocenters. The number of methoxy groups -OCH3 is 2. The topological polar surface area (TPSA) is 104 Å². The number of carbonyl (C=O) groups excluding carboxylic acids is 2. The van der Waals surface area contributed by atoms with Crippen LogP contribution < -0.4 is 24.8 Å². The summed E-state index contributed by atoms with van der Waals surface area (Å²) in [6.45, 7) is 0. The monoisotopic (exact) mass is 501 g/mol. The molecule has 3 fully saturated rings. The van der Waals surface area contributed by atoms with Crippen LogP contribution in [0, 0.1) is 11.3 Å². The molecule has 0 saturated heterocycles. The Morgan fingerprint density at radius 2 is 1.62 bits per heavy atom. The van der Waals surface area contributed by atoms with Gasteiger partial charge < -0.3 is 24.8 Å². The molecule has 2 aromatic carbocycles. The largest absolute Gasteiger partial charge is 0.493 e. The van der Waals surface area contributed by atoms with Crippen molar-refractivity contribution in [2.45, 2.75) is 50.5 Å². The Morgan fingerprint density at radius 1 is 0.946 bits per heavy atom. The van der Waals surface area contributed by atoms with Gasteiger partial charge in [-0.3, -0.25) is 14.6 Å². The van der Waals surface area contributed by atoms with E-state index >= 15 is 0 Å². The minimum atomic E-state index is -1.05. The van der Waals surface area contributed by atoms with Gasteiger partial charge in [0.05, 0.1) is 19.7 Å². The second-order valence-corrected chi connectivity index (χ2v) is 10.6. The Kier molecular flexibility index (Phi) is 5.51. The van der Waals surface area contributed by atoms with Crippen LogP contribution in [0.5, 0.6) is 23.0 Å². The van der Waals surface area contributed by atoms with Crippen molar-refractivity contribution in [1.29, 1.82) is 0 Å². The molecule has 2 N–H and O–H groups in total. The smallest absolute Gasteiger partial charge is 0.243 e. The van der Waals surface area contributed by atoms with E-state index < -0.39 is 11.3 Å². The lowest BCUT2D eigenvalue weighted by molar-refractivity contribution is -0.134. The first-order valence-electron chi connectivity index (χ1n) is 12.8. The van der Waals surface area contributed by atoms with Crippen molar-refractivity contribution in [3.63, 3.8) is 0 Å². The number of pyridine rings is 1. The number of anilines is 1. The number of primary amides is 1. The first-order valence-corrected chi connectivity index (χ1v) is 12.8. The van der Waals surface area contributed by atoms with Gasteiger partial charge in [0, 0.05) is 28.9 Å². The van der Waals surface area contributed by atoms with Gasteiger partial charge in [0.1, 0.15) is 16.9 Å². The lowest BCUT2D eigenvalue weighted by Gasteiger charge is -2.41. The van der Waals surface area contributed by atoms with E-state index in [1.165, 1.54) is 0 Å². The summed E-state index contributed by atoms with van der Waals surface area (Å²) in [7, 11) is 3.18. The van der Waals surface area contributed by atoms with Gasteiger partial charge in [-0.05, 0) is 87.3 Å². The summed E-state index contributed by atoms with van der Waals surface area (Å²) in [4.78, 5) is 32.5. The SMILES string of the molecule is COc1cc2nccc(Oc3ccc(N(C(=O)C4(C(N)=O)CC4)C45CCC(CC4)C5)cc3)c2cc1OC. The van der Waals surface area contributed by atoms with Gasteiger partial charge in [-0.1, -0.05) is 0 Å². The summed E-state index contributed by atoms with van der Waals surface area (Å²) < 4.78 is 17.1. The fourth-order valence-corrected chi connectivity index (χ4v) is 6.31. The highest BCUT2D eigenvalue weighted by molar-refractivity contribution is 6.14. The van der Waals surface area contributed by atoms with E-state index in [0.29, 0.717) is 41.8 Å². The molecule has 2 bridgehead atoms. The highest BCUT2D eigenvalue weighted by Gasteiger charge is 2.61. The number of nitrogens with zero attached hydrogens (tertiary/aromatic N) is 2. The summed E-state index contributed by atoms with van der Waals surface area (Å²) in [5.74, 6) is 2.44. The van der Waals surface area contributed by atoms with Crippen LogP contribution in [0.4, 0.5) is 5.69 Å². The van der Waals surface area contributed by atoms with E-state index in [1.54, 1.807) is 26.5 Å². The standard InChI is InChI=1S/C29H31N3O5/c1-35-24-15-21-22(16-25(24)36-2)31-14-9-23(21)37-20-5-3-19(4-6-20)32(27(34)29(12-13-29)26(30)33)28-10-7-18(17-28)8-11-28/h3-6,9,14-16,18H,7-8,10-13,17H2,1-2H3,(H2,30,33). The molecule has 3 saturated carbocycles. The molecule has 0 radical (unpaired) electrons. The molecule has 0 unspecified atom stereocenters. The molecule has 1 aromatic heterocycles. The Balaban J connectivity index is 1.32. The van der Waals surface area contributed by atoms with Crippen molar-refractivity contribution in [2.75, 3.05) is 19.1 Å². The molecule has 8 heteroatoms. The summed E-state index contributed by atoms with van der Waals surface area (Å²) in [5.41, 5.74) is 5.94. The zero-order valence-electron chi connectivity index (χ0n) is 21.2. The number of ether oxygens (including phenoxy) is 3. The highest BCUT2D eigenvalue weighted by atomic mass is 16.5. The Hall–Kier alpha value is -3.81. The molecule has 37 heavy (non-hydrogen) atoms. The summed E-state index contributed by atoms with van der Waals surface area (Å²) in [6, 6.07) is 13.0. The third-order valence-corrected chi connectivity index (χ3v) is 8.54. The zero-order chi connectivity index (χ0) is 25.8. The Bertz CT molecular complexity index is 1370. The minimum Gasteiger partial charge on any atom is -0.493 e. The molecule has 1 heterocycles. The van der Waals surface area contributed by atoms with Crippen molar-refractivity contribution >= 4 is 28.4 Å². The molecule has 0 spiro atoms. The number of aromatic nitrogens is 1. The van der Waals surface area contributed by atoms with Crippen molar-refractivity contribution < 1.29 is 23.8 Å².